The van der Waals surface area contributed by atoms with Gasteiger partial charge in [0.15, 0.2) is 11.2 Å². The average Bonchev–Trinajstić information content (AvgIpc) is 4.10. The van der Waals surface area contributed by atoms with Gasteiger partial charge < -0.3 is 34.6 Å². The topological polar surface area (TPSA) is 198 Å². The van der Waals surface area contributed by atoms with Crippen LogP contribution in [0.4, 0.5) is 31.1 Å². The van der Waals surface area contributed by atoms with E-state index in [1.54, 1.807) is 47.2 Å². The number of carbonyl (C=O) groups excluding carboxylic acids is 5. The first-order valence-corrected chi connectivity index (χ1v) is 23.4. The molecule has 5 aromatic rings. The van der Waals surface area contributed by atoms with Gasteiger partial charge in [-0.3, -0.25) is 34.6 Å². The van der Waals surface area contributed by atoms with Crippen LogP contribution in [-0.2, 0) is 38.7 Å². The smallest absolute Gasteiger partial charge is 0.255 e. The summed E-state index contributed by atoms with van der Waals surface area (Å²) in [6.07, 6.45) is 7.68. The molecule has 5 amide bonds. The predicted molar refractivity (Wildman–Crippen MR) is 242 cm³/mol. The van der Waals surface area contributed by atoms with Crippen molar-refractivity contribution in [3.05, 3.63) is 101 Å². The number of benzene rings is 2. The molecule has 0 radical (unpaired) electrons. The first kappa shape index (κ1) is 42.8. The highest BCUT2D eigenvalue weighted by atomic mass is 32.1. The summed E-state index contributed by atoms with van der Waals surface area (Å²) in [4.78, 5) is 85.5. The molecule has 0 bridgehead atoms. The van der Waals surface area contributed by atoms with E-state index in [1.165, 1.54) is 28.4 Å². The number of nitrogens with one attached hydrogen (secondary N) is 3. The van der Waals surface area contributed by atoms with Crippen molar-refractivity contribution >= 4 is 63.2 Å². The van der Waals surface area contributed by atoms with Crippen LogP contribution in [0.15, 0.2) is 66.6 Å². The maximum atomic E-state index is 15.9. The molecule has 1 spiro atoms. The molecule has 3 aromatic heterocycles. The molecule has 4 N–H and O–H groups in total. The summed E-state index contributed by atoms with van der Waals surface area (Å²) >= 11 is 1.26. The zero-order valence-electron chi connectivity index (χ0n) is 36.3. The number of thiazole rings is 1. The molecular formula is C47H47F2N11O6S. The molecule has 6 aliphatic heterocycles. The summed E-state index contributed by atoms with van der Waals surface area (Å²) in [5.41, 5.74) is 2.43. The van der Waals surface area contributed by atoms with Crippen LogP contribution in [0.1, 0.15) is 71.9 Å². The number of likely N-dealkylation sites (tertiary alicyclic amines) is 1. The second kappa shape index (κ2) is 16.5. The molecule has 11 rings (SSSR count). The number of piperidine rings is 2. The highest BCUT2D eigenvalue weighted by Gasteiger charge is 2.54. The number of imidazole rings is 1. The monoisotopic (exact) mass is 931 g/mol. The van der Waals surface area contributed by atoms with Gasteiger partial charge in [-0.25, -0.2) is 23.7 Å². The van der Waals surface area contributed by atoms with Gasteiger partial charge in [-0.15, -0.1) is 11.3 Å². The number of nitrogens with zero attached hydrogens (tertiary/aromatic N) is 8. The molecule has 0 aliphatic carbocycles. The molecule has 9 heterocycles. The fourth-order valence-corrected chi connectivity index (χ4v) is 11.1. The van der Waals surface area contributed by atoms with Gasteiger partial charge in [0.1, 0.15) is 23.5 Å². The van der Waals surface area contributed by atoms with E-state index >= 15 is 8.78 Å². The number of pyridine rings is 1. The van der Waals surface area contributed by atoms with Gasteiger partial charge in [0.25, 0.3) is 11.8 Å². The van der Waals surface area contributed by atoms with Crippen molar-refractivity contribution in [2.45, 2.75) is 75.7 Å². The van der Waals surface area contributed by atoms with Gasteiger partial charge in [-0.05, 0) is 80.1 Å². The molecule has 1 unspecified atom stereocenters. The minimum atomic E-state index is -1.20. The van der Waals surface area contributed by atoms with Crippen molar-refractivity contribution in [3.8, 4) is 11.1 Å². The SMILES string of the molecule is O=C1CC[C@H](Nc2ccc(N3CCC(O)(CC(=O)N4CC5(C4)CN(c4ccc(-c6cc(F)c7c(c6)C(=O)N(C(C(=O)Nc6nccs6)c6ncn8c6CCC8)C7)cn4)C5)CC3)c(F)c2)C(=O)N1. The number of hydrogen-bond acceptors (Lipinski definition) is 13. The van der Waals surface area contributed by atoms with Crippen LogP contribution in [-0.4, -0.2) is 115 Å². The summed E-state index contributed by atoms with van der Waals surface area (Å²) in [6, 6.07) is 9.71. The highest BCUT2D eigenvalue weighted by molar-refractivity contribution is 7.13. The maximum absolute atomic E-state index is 15.9. The van der Waals surface area contributed by atoms with E-state index in [0.717, 1.165) is 30.9 Å². The van der Waals surface area contributed by atoms with E-state index in [1.807, 2.05) is 21.6 Å². The Morgan fingerprint density at radius 1 is 0.925 bits per heavy atom. The van der Waals surface area contributed by atoms with Gasteiger partial charge in [0.2, 0.25) is 17.7 Å². The molecular weight excluding hydrogens is 885 g/mol. The third kappa shape index (κ3) is 7.94. The molecule has 4 saturated heterocycles. The van der Waals surface area contributed by atoms with Gasteiger partial charge >= 0.3 is 0 Å². The Morgan fingerprint density at radius 2 is 1.75 bits per heavy atom. The fourth-order valence-electron chi connectivity index (χ4n) is 10.6. The number of aryl methyl sites for hydroxylation is 1. The number of anilines is 4. The minimum absolute atomic E-state index is 0.0105. The number of halogens is 2. The summed E-state index contributed by atoms with van der Waals surface area (Å²) < 4.78 is 33.2. The lowest BCUT2D eigenvalue weighted by molar-refractivity contribution is -0.151. The number of rotatable bonds is 11. The molecule has 67 heavy (non-hydrogen) atoms. The summed E-state index contributed by atoms with van der Waals surface area (Å²) in [7, 11) is 0. The van der Waals surface area contributed by atoms with Crippen molar-refractivity contribution in [1.82, 2.24) is 34.6 Å². The summed E-state index contributed by atoms with van der Waals surface area (Å²) in [5.74, 6) is -2.08. The number of hydrogen-bond donors (Lipinski definition) is 4. The van der Waals surface area contributed by atoms with E-state index in [9.17, 15) is 29.1 Å². The molecule has 4 fully saturated rings. The number of aliphatic hydroxyl groups is 1. The van der Waals surface area contributed by atoms with E-state index in [-0.39, 0.29) is 47.7 Å². The zero-order valence-corrected chi connectivity index (χ0v) is 37.2. The zero-order chi connectivity index (χ0) is 46.2. The van der Waals surface area contributed by atoms with E-state index in [2.05, 4.69) is 35.8 Å². The van der Waals surface area contributed by atoms with Crippen LogP contribution >= 0.6 is 11.3 Å². The van der Waals surface area contributed by atoms with Crippen LogP contribution in [0.2, 0.25) is 0 Å². The molecule has 2 atom stereocenters. The molecule has 346 valence electrons. The van der Waals surface area contributed by atoms with Gasteiger partial charge in [0, 0.05) is 103 Å². The first-order valence-electron chi connectivity index (χ1n) is 22.5. The van der Waals surface area contributed by atoms with Crippen molar-refractivity contribution in [2.75, 3.05) is 59.7 Å². The molecule has 20 heteroatoms. The Morgan fingerprint density at radius 3 is 2.48 bits per heavy atom. The van der Waals surface area contributed by atoms with E-state index in [0.29, 0.717) is 91.9 Å². The lowest BCUT2D eigenvalue weighted by Crippen LogP contribution is -2.73. The van der Waals surface area contributed by atoms with Crippen LogP contribution in [0, 0.1) is 17.0 Å². The normalized spacial score (nSPS) is 20.8. The van der Waals surface area contributed by atoms with Crippen molar-refractivity contribution in [2.24, 2.45) is 5.41 Å². The quantitative estimate of drug-likeness (QED) is 0.138. The van der Waals surface area contributed by atoms with E-state index < -0.39 is 47.0 Å². The lowest BCUT2D eigenvalue weighted by Gasteiger charge is -2.60. The summed E-state index contributed by atoms with van der Waals surface area (Å²) in [5, 5.41) is 21.7. The molecule has 17 nitrogen and oxygen atoms in total. The van der Waals surface area contributed by atoms with E-state index in [4.69, 9.17) is 0 Å². The third-order valence-electron chi connectivity index (χ3n) is 14.2. The Bertz CT molecular complexity index is 2820. The highest BCUT2D eigenvalue weighted by Crippen LogP contribution is 2.43. The third-order valence-corrected chi connectivity index (χ3v) is 14.9. The summed E-state index contributed by atoms with van der Waals surface area (Å²) in [6.45, 7) is 3.97. The van der Waals surface area contributed by atoms with Crippen molar-refractivity contribution < 1.29 is 37.9 Å². The van der Waals surface area contributed by atoms with Crippen molar-refractivity contribution in [3.63, 3.8) is 0 Å². The van der Waals surface area contributed by atoms with Crippen LogP contribution in [0.25, 0.3) is 11.1 Å². The number of amides is 5. The Labute approximate surface area is 387 Å². The minimum Gasteiger partial charge on any atom is -0.389 e. The second-order valence-corrected chi connectivity index (χ2v) is 19.6. The van der Waals surface area contributed by atoms with Gasteiger partial charge in [-0.1, -0.05) is 0 Å². The average molecular weight is 932 g/mol. The van der Waals surface area contributed by atoms with Crippen LogP contribution in [0.3, 0.4) is 0 Å². The Hall–Kier alpha value is -6.80. The predicted octanol–water partition coefficient (Wildman–Crippen LogP) is 4.25. The molecule has 0 saturated carbocycles. The van der Waals surface area contributed by atoms with Crippen LogP contribution in [0.5, 0.6) is 0 Å². The first-order chi connectivity index (χ1) is 32.3. The largest absolute Gasteiger partial charge is 0.389 e. The number of imide groups is 1. The molecule has 6 aliphatic rings. The van der Waals surface area contributed by atoms with Crippen molar-refractivity contribution in [1.29, 1.82) is 0 Å². The Balaban J connectivity index is 0.675. The van der Waals surface area contributed by atoms with Gasteiger partial charge in [-0.2, -0.15) is 0 Å². The second-order valence-electron chi connectivity index (χ2n) is 18.7. The number of aromatic nitrogens is 4. The molecule has 2 aromatic carbocycles. The van der Waals surface area contributed by atoms with Crippen LogP contribution < -0.4 is 25.8 Å². The number of carbonyl (C=O) groups is 5. The lowest BCUT2D eigenvalue weighted by atomic mass is 9.72. The maximum Gasteiger partial charge on any atom is 0.255 e. The fraction of sp³-hybridized carbons (Fsp3) is 0.404. The number of fused-ring (bicyclic) bond motifs is 2. The standard InChI is InChI=1S/C47H47F2N11O6S/c48-32-17-28(16-30-31(32)21-60(44(30)65)41(43(64)55-45-50-11-15-67-45)40-36-2-1-12-57(36)26-52-40)27-3-7-37(51-20-27)58-22-46(23-58)24-59(25-46)39(62)19-47(66)9-13-56(14-10-47)35-6-4-29(18-33(35)49)53-34-5-8-38(61)54-42(34)63/h3-4,6-7,11,15-18,20,26,34,41,53,66H,1-2,5,8-10,12-14,19,21-25H2,(H,50,55,64)(H,54,61,63)/t34-,41?/m0/s1. The van der Waals surface area contributed by atoms with Gasteiger partial charge in [0.05, 0.1) is 36.3 Å². The Kier molecular flexibility index (Phi) is 10.6.